The van der Waals surface area contributed by atoms with Crippen LogP contribution in [0.15, 0.2) is 61.1 Å². The number of fused-ring (bicyclic) bond motifs is 2. The van der Waals surface area contributed by atoms with Gasteiger partial charge in [0.1, 0.15) is 13.2 Å². The van der Waals surface area contributed by atoms with Crippen molar-refractivity contribution < 1.29 is 19.0 Å². The van der Waals surface area contributed by atoms with E-state index in [0.717, 1.165) is 11.3 Å². The molecule has 150 valence electrons. The standard InChI is InChI=1S/C22H18N4O4/c1-28-18-11-15(12-19-20(18)30-10-9-29-19)21(27)24-16-5-3-14(4-6-16)17-13-26-8-2-7-23-22(26)25-17/h2-8,11-13H,9-10H2,1H3,(H,24,27). The summed E-state index contributed by atoms with van der Waals surface area (Å²) in [7, 11) is 1.53. The van der Waals surface area contributed by atoms with Gasteiger partial charge in [0.25, 0.3) is 5.91 Å². The number of hydrogen-bond acceptors (Lipinski definition) is 6. The zero-order valence-electron chi connectivity index (χ0n) is 16.2. The van der Waals surface area contributed by atoms with Crippen LogP contribution in [0.1, 0.15) is 10.4 Å². The van der Waals surface area contributed by atoms with Crippen molar-refractivity contribution in [1.29, 1.82) is 0 Å². The van der Waals surface area contributed by atoms with Crippen molar-refractivity contribution in [3.63, 3.8) is 0 Å². The van der Waals surface area contributed by atoms with Crippen LogP contribution in [0.3, 0.4) is 0 Å². The van der Waals surface area contributed by atoms with Crippen LogP contribution in [0.4, 0.5) is 5.69 Å². The van der Waals surface area contributed by atoms with Crippen LogP contribution in [-0.2, 0) is 0 Å². The summed E-state index contributed by atoms with van der Waals surface area (Å²) in [5.74, 6) is 1.86. The van der Waals surface area contributed by atoms with E-state index in [-0.39, 0.29) is 5.91 Å². The Morgan fingerprint density at radius 3 is 2.80 bits per heavy atom. The van der Waals surface area contributed by atoms with Gasteiger partial charge >= 0.3 is 0 Å². The third-order valence-electron chi connectivity index (χ3n) is 4.76. The maximum atomic E-state index is 12.8. The molecule has 4 aromatic rings. The second-order valence-electron chi connectivity index (χ2n) is 6.69. The molecule has 3 heterocycles. The Kier molecular flexibility index (Phi) is 4.44. The van der Waals surface area contributed by atoms with Crippen LogP contribution in [-0.4, -0.2) is 40.6 Å². The molecule has 8 heteroatoms. The number of methoxy groups -OCH3 is 1. The molecule has 1 amide bonds. The van der Waals surface area contributed by atoms with E-state index in [1.54, 1.807) is 18.3 Å². The van der Waals surface area contributed by atoms with E-state index in [1.165, 1.54) is 7.11 Å². The third-order valence-corrected chi connectivity index (χ3v) is 4.76. The predicted octanol–water partition coefficient (Wildman–Crippen LogP) is 3.43. The van der Waals surface area contributed by atoms with E-state index in [0.29, 0.717) is 47.5 Å². The van der Waals surface area contributed by atoms with Gasteiger partial charge < -0.3 is 19.5 Å². The highest BCUT2D eigenvalue weighted by atomic mass is 16.6. The van der Waals surface area contributed by atoms with E-state index < -0.39 is 0 Å². The van der Waals surface area contributed by atoms with Crippen LogP contribution in [0, 0.1) is 0 Å². The lowest BCUT2D eigenvalue weighted by Gasteiger charge is -2.21. The second-order valence-corrected chi connectivity index (χ2v) is 6.69. The molecule has 2 aromatic carbocycles. The minimum atomic E-state index is -0.269. The average Bonchev–Trinajstić information content (AvgIpc) is 3.23. The number of rotatable bonds is 4. The first-order valence-corrected chi connectivity index (χ1v) is 9.40. The third kappa shape index (κ3) is 3.28. The van der Waals surface area contributed by atoms with Gasteiger partial charge in [-0.25, -0.2) is 9.97 Å². The predicted molar refractivity (Wildman–Crippen MR) is 110 cm³/mol. The van der Waals surface area contributed by atoms with Gasteiger partial charge in [-0.1, -0.05) is 12.1 Å². The van der Waals surface area contributed by atoms with Gasteiger partial charge in [-0.15, -0.1) is 0 Å². The van der Waals surface area contributed by atoms with Crippen molar-refractivity contribution in [3.05, 3.63) is 66.6 Å². The number of benzene rings is 2. The highest BCUT2D eigenvalue weighted by Crippen LogP contribution is 2.40. The number of amides is 1. The van der Waals surface area contributed by atoms with Crippen molar-refractivity contribution in [2.45, 2.75) is 0 Å². The fraction of sp³-hybridized carbons (Fsp3) is 0.136. The lowest BCUT2D eigenvalue weighted by atomic mass is 10.1. The number of hydrogen-bond donors (Lipinski definition) is 1. The van der Waals surface area contributed by atoms with Crippen LogP contribution in [0.2, 0.25) is 0 Å². The van der Waals surface area contributed by atoms with Crippen molar-refractivity contribution in [1.82, 2.24) is 14.4 Å². The molecule has 8 nitrogen and oxygen atoms in total. The van der Waals surface area contributed by atoms with Gasteiger partial charge in [-0.2, -0.15) is 0 Å². The Bertz CT molecular complexity index is 1180. The minimum Gasteiger partial charge on any atom is -0.493 e. The van der Waals surface area contributed by atoms with Crippen molar-refractivity contribution in [2.24, 2.45) is 0 Å². The Morgan fingerprint density at radius 1 is 1.17 bits per heavy atom. The molecule has 1 N–H and O–H groups in total. The number of aromatic nitrogens is 3. The number of imidazole rings is 1. The first-order valence-electron chi connectivity index (χ1n) is 9.40. The molecular weight excluding hydrogens is 384 g/mol. The summed E-state index contributed by atoms with van der Waals surface area (Å²) in [6.45, 7) is 0.880. The number of anilines is 1. The summed E-state index contributed by atoms with van der Waals surface area (Å²) in [6.07, 6.45) is 5.52. The molecule has 0 saturated carbocycles. The largest absolute Gasteiger partial charge is 0.493 e. The van der Waals surface area contributed by atoms with Gasteiger partial charge in [-0.3, -0.25) is 9.20 Å². The van der Waals surface area contributed by atoms with Crippen molar-refractivity contribution in [3.8, 4) is 28.5 Å². The quantitative estimate of drug-likeness (QED) is 0.563. The summed E-state index contributed by atoms with van der Waals surface area (Å²) in [4.78, 5) is 21.5. The molecule has 30 heavy (non-hydrogen) atoms. The molecule has 0 saturated heterocycles. The lowest BCUT2D eigenvalue weighted by molar-refractivity contribution is 0.102. The fourth-order valence-corrected chi connectivity index (χ4v) is 3.30. The molecule has 0 atom stereocenters. The summed E-state index contributed by atoms with van der Waals surface area (Å²) in [5, 5.41) is 2.89. The second kappa shape index (κ2) is 7.40. The Balaban J connectivity index is 1.36. The van der Waals surface area contributed by atoms with Crippen molar-refractivity contribution in [2.75, 3.05) is 25.6 Å². The maximum Gasteiger partial charge on any atom is 0.255 e. The van der Waals surface area contributed by atoms with Gasteiger partial charge in [0, 0.05) is 35.4 Å². The van der Waals surface area contributed by atoms with E-state index in [4.69, 9.17) is 14.2 Å². The smallest absolute Gasteiger partial charge is 0.255 e. The zero-order valence-corrected chi connectivity index (χ0v) is 16.2. The summed E-state index contributed by atoms with van der Waals surface area (Å²) >= 11 is 0. The minimum absolute atomic E-state index is 0.269. The molecule has 1 aliphatic rings. The summed E-state index contributed by atoms with van der Waals surface area (Å²) in [5.41, 5.74) is 2.83. The molecule has 0 fully saturated rings. The number of nitrogens with one attached hydrogen (secondary N) is 1. The molecule has 0 radical (unpaired) electrons. The molecule has 0 bridgehead atoms. The molecule has 5 rings (SSSR count). The maximum absolute atomic E-state index is 12.8. The molecule has 0 spiro atoms. The lowest BCUT2D eigenvalue weighted by Crippen LogP contribution is -2.18. The van der Waals surface area contributed by atoms with E-state index in [2.05, 4.69) is 15.3 Å². The van der Waals surface area contributed by atoms with E-state index >= 15 is 0 Å². The first-order chi connectivity index (χ1) is 14.7. The van der Waals surface area contributed by atoms with Gasteiger partial charge in [0.2, 0.25) is 11.5 Å². The molecule has 0 aliphatic carbocycles. The molecular formula is C22H18N4O4. The Labute approximate surface area is 172 Å². The molecule has 2 aromatic heterocycles. The van der Waals surface area contributed by atoms with Crippen LogP contribution in [0.25, 0.3) is 17.0 Å². The summed E-state index contributed by atoms with van der Waals surface area (Å²) < 4.78 is 18.4. The highest BCUT2D eigenvalue weighted by molar-refractivity contribution is 6.05. The Hall–Kier alpha value is -4.07. The highest BCUT2D eigenvalue weighted by Gasteiger charge is 2.21. The topological polar surface area (TPSA) is 87.0 Å². The zero-order chi connectivity index (χ0) is 20.5. The Morgan fingerprint density at radius 2 is 2.00 bits per heavy atom. The molecule has 0 unspecified atom stereocenters. The number of ether oxygens (including phenoxy) is 3. The average molecular weight is 402 g/mol. The van der Waals surface area contributed by atoms with Crippen LogP contribution < -0.4 is 19.5 Å². The van der Waals surface area contributed by atoms with Gasteiger partial charge in [0.05, 0.1) is 12.8 Å². The fourth-order valence-electron chi connectivity index (χ4n) is 3.30. The van der Waals surface area contributed by atoms with Crippen LogP contribution >= 0.6 is 0 Å². The summed E-state index contributed by atoms with van der Waals surface area (Å²) in [6, 6.07) is 12.6. The number of carbonyl (C=O) groups is 1. The first kappa shape index (κ1) is 18.0. The molecule has 1 aliphatic heterocycles. The van der Waals surface area contributed by atoms with Gasteiger partial charge in [0.15, 0.2) is 11.5 Å². The van der Waals surface area contributed by atoms with Crippen molar-refractivity contribution >= 4 is 17.4 Å². The monoisotopic (exact) mass is 402 g/mol. The van der Waals surface area contributed by atoms with Gasteiger partial charge in [-0.05, 0) is 30.3 Å². The normalized spacial score (nSPS) is 12.6. The van der Waals surface area contributed by atoms with Crippen LogP contribution in [0.5, 0.6) is 17.2 Å². The number of carbonyl (C=O) groups excluding carboxylic acids is 1. The van der Waals surface area contributed by atoms with E-state index in [1.807, 2.05) is 47.1 Å². The van der Waals surface area contributed by atoms with E-state index in [9.17, 15) is 4.79 Å². The number of nitrogens with zero attached hydrogens (tertiary/aromatic N) is 3. The SMILES string of the molecule is COc1cc(C(=O)Nc2ccc(-c3cn4cccnc4n3)cc2)cc2c1OCCO2.